The number of hydrogen-bond acceptors (Lipinski definition) is 3. The lowest BCUT2D eigenvalue weighted by molar-refractivity contribution is -0.140. The molecular formula is C17H25NO3. The maximum absolute atomic E-state index is 12.6. The Morgan fingerprint density at radius 2 is 2.00 bits per heavy atom. The number of likely N-dealkylation sites (tertiary alicyclic amines) is 1. The molecule has 1 aliphatic rings. The summed E-state index contributed by atoms with van der Waals surface area (Å²) in [6.45, 7) is 5.89. The van der Waals surface area contributed by atoms with Crippen LogP contribution in [0.15, 0.2) is 24.3 Å². The molecule has 0 bridgehead atoms. The van der Waals surface area contributed by atoms with E-state index in [0.29, 0.717) is 18.1 Å². The van der Waals surface area contributed by atoms with Gasteiger partial charge < -0.3 is 14.4 Å². The number of nitrogens with zero attached hydrogens (tertiary/aromatic N) is 1. The van der Waals surface area contributed by atoms with E-state index in [1.54, 1.807) is 7.11 Å². The van der Waals surface area contributed by atoms with E-state index in [2.05, 4.69) is 6.92 Å². The highest BCUT2D eigenvalue weighted by atomic mass is 16.5. The largest absolute Gasteiger partial charge is 0.497 e. The summed E-state index contributed by atoms with van der Waals surface area (Å²) >= 11 is 0. The molecular weight excluding hydrogens is 266 g/mol. The third kappa shape index (κ3) is 4.13. The van der Waals surface area contributed by atoms with Gasteiger partial charge in [0.1, 0.15) is 11.5 Å². The highest BCUT2D eigenvalue weighted by Crippen LogP contribution is 2.21. The molecule has 0 saturated carbocycles. The summed E-state index contributed by atoms with van der Waals surface area (Å²) in [6.07, 6.45) is 2.57. The van der Waals surface area contributed by atoms with Crippen molar-refractivity contribution in [1.29, 1.82) is 0 Å². The lowest BCUT2D eigenvalue weighted by Gasteiger charge is -2.33. The predicted molar refractivity (Wildman–Crippen MR) is 82.7 cm³/mol. The van der Waals surface area contributed by atoms with Gasteiger partial charge in [-0.3, -0.25) is 4.79 Å². The second-order valence-electron chi connectivity index (χ2n) is 5.72. The van der Waals surface area contributed by atoms with Crippen LogP contribution in [-0.4, -0.2) is 37.1 Å². The lowest BCUT2D eigenvalue weighted by atomic mass is 9.99. The summed E-state index contributed by atoms with van der Waals surface area (Å²) < 4.78 is 11.0. The summed E-state index contributed by atoms with van der Waals surface area (Å²) in [6, 6.07) is 7.37. The highest BCUT2D eigenvalue weighted by molar-refractivity contribution is 5.81. The first kappa shape index (κ1) is 15.7. The van der Waals surface area contributed by atoms with E-state index in [1.807, 2.05) is 36.1 Å². The molecule has 1 aliphatic heterocycles. The van der Waals surface area contributed by atoms with Crippen molar-refractivity contribution in [3.05, 3.63) is 24.3 Å². The zero-order valence-corrected chi connectivity index (χ0v) is 13.2. The molecule has 1 amide bonds. The van der Waals surface area contributed by atoms with Gasteiger partial charge in [0, 0.05) is 13.1 Å². The molecule has 1 heterocycles. The smallest absolute Gasteiger partial charge is 0.263 e. The average Bonchev–Trinajstić information content (AvgIpc) is 2.52. The Hall–Kier alpha value is -1.71. The molecule has 1 aromatic rings. The minimum Gasteiger partial charge on any atom is -0.497 e. The molecule has 0 aromatic heterocycles. The van der Waals surface area contributed by atoms with Gasteiger partial charge >= 0.3 is 0 Å². The number of rotatable bonds is 5. The summed E-state index contributed by atoms with van der Waals surface area (Å²) in [7, 11) is 1.63. The number of carbonyl (C=O) groups is 1. The fourth-order valence-electron chi connectivity index (χ4n) is 2.72. The number of benzene rings is 1. The Balaban J connectivity index is 1.99. The SMILES string of the molecule is CCC(Oc1ccc(OC)cc1)C(=O)N1CCCC(C)C1. The van der Waals surface area contributed by atoms with Gasteiger partial charge in [-0.1, -0.05) is 13.8 Å². The Kier molecular flexibility index (Phi) is 5.48. The number of ether oxygens (including phenoxy) is 2. The monoisotopic (exact) mass is 291 g/mol. The van der Waals surface area contributed by atoms with Crippen LogP contribution in [0.2, 0.25) is 0 Å². The maximum Gasteiger partial charge on any atom is 0.263 e. The second kappa shape index (κ2) is 7.34. The number of piperidine rings is 1. The van der Waals surface area contributed by atoms with Crippen LogP contribution in [0.25, 0.3) is 0 Å². The predicted octanol–water partition coefficient (Wildman–Crippen LogP) is 3.11. The molecule has 2 unspecified atom stereocenters. The van der Waals surface area contributed by atoms with Crippen LogP contribution in [-0.2, 0) is 4.79 Å². The van der Waals surface area contributed by atoms with Crippen LogP contribution in [0.5, 0.6) is 11.5 Å². The standard InChI is InChI=1S/C17H25NO3/c1-4-16(17(19)18-11-5-6-13(2)12-18)21-15-9-7-14(20-3)8-10-15/h7-10,13,16H,4-6,11-12H2,1-3H3. The zero-order chi connectivity index (χ0) is 15.2. The van der Waals surface area contributed by atoms with Gasteiger partial charge in [-0.25, -0.2) is 0 Å². The molecule has 4 nitrogen and oxygen atoms in total. The van der Waals surface area contributed by atoms with E-state index in [4.69, 9.17) is 9.47 Å². The molecule has 2 atom stereocenters. The molecule has 0 aliphatic carbocycles. The van der Waals surface area contributed by atoms with Crippen LogP contribution in [0.1, 0.15) is 33.1 Å². The van der Waals surface area contributed by atoms with Crippen LogP contribution in [0.3, 0.4) is 0 Å². The molecule has 116 valence electrons. The van der Waals surface area contributed by atoms with Crippen molar-refractivity contribution in [2.45, 2.75) is 39.2 Å². The molecule has 1 aromatic carbocycles. The van der Waals surface area contributed by atoms with E-state index in [1.165, 1.54) is 6.42 Å². The van der Waals surface area contributed by atoms with Crippen molar-refractivity contribution < 1.29 is 14.3 Å². The Bertz CT molecular complexity index is 458. The maximum atomic E-state index is 12.6. The van der Waals surface area contributed by atoms with Gasteiger partial charge in [0.15, 0.2) is 6.10 Å². The van der Waals surface area contributed by atoms with E-state index in [-0.39, 0.29) is 5.91 Å². The summed E-state index contributed by atoms with van der Waals surface area (Å²) in [5.41, 5.74) is 0. The topological polar surface area (TPSA) is 38.8 Å². The summed E-state index contributed by atoms with van der Waals surface area (Å²) in [5.74, 6) is 2.19. The van der Waals surface area contributed by atoms with Crippen molar-refractivity contribution in [3.8, 4) is 11.5 Å². The fourth-order valence-corrected chi connectivity index (χ4v) is 2.72. The second-order valence-corrected chi connectivity index (χ2v) is 5.72. The minimum absolute atomic E-state index is 0.111. The normalized spacial score (nSPS) is 20.0. The fraction of sp³-hybridized carbons (Fsp3) is 0.588. The molecule has 1 saturated heterocycles. The summed E-state index contributed by atoms with van der Waals surface area (Å²) in [4.78, 5) is 14.5. The number of methoxy groups -OCH3 is 1. The molecule has 2 rings (SSSR count). The number of amides is 1. The van der Waals surface area contributed by atoms with Gasteiger partial charge in [-0.2, -0.15) is 0 Å². The van der Waals surface area contributed by atoms with Crippen molar-refractivity contribution >= 4 is 5.91 Å². The van der Waals surface area contributed by atoms with Gasteiger partial charge in [-0.15, -0.1) is 0 Å². The van der Waals surface area contributed by atoms with Gasteiger partial charge in [0.2, 0.25) is 0 Å². The molecule has 4 heteroatoms. The van der Waals surface area contributed by atoms with E-state index in [9.17, 15) is 4.79 Å². The first-order valence-corrected chi connectivity index (χ1v) is 7.73. The van der Waals surface area contributed by atoms with Crippen LogP contribution in [0.4, 0.5) is 0 Å². The van der Waals surface area contributed by atoms with E-state index in [0.717, 1.165) is 25.3 Å². The molecule has 0 radical (unpaired) electrons. The van der Waals surface area contributed by atoms with Crippen molar-refractivity contribution in [1.82, 2.24) is 4.90 Å². The average molecular weight is 291 g/mol. The van der Waals surface area contributed by atoms with Gasteiger partial charge in [0.05, 0.1) is 7.11 Å². The van der Waals surface area contributed by atoms with E-state index >= 15 is 0 Å². The number of hydrogen-bond donors (Lipinski definition) is 0. The summed E-state index contributed by atoms with van der Waals surface area (Å²) in [5, 5.41) is 0. The highest BCUT2D eigenvalue weighted by Gasteiger charge is 2.27. The Labute approximate surface area is 127 Å². The van der Waals surface area contributed by atoms with Crippen molar-refractivity contribution in [2.75, 3.05) is 20.2 Å². The van der Waals surface area contributed by atoms with Gasteiger partial charge in [-0.05, 0) is 49.4 Å². The first-order valence-electron chi connectivity index (χ1n) is 7.73. The third-order valence-electron chi connectivity index (χ3n) is 3.95. The minimum atomic E-state index is -0.399. The van der Waals surface area contributed by atoms with Gasteiger partial charge in [0.25, 0.3) is 5.91 Å². The van der Waals surface area contributed by atoms with Crippen LogP contribution >= 0.6 is 0 Å². The molecule has 0 N–H and O–H groups in total. The number of carbonyl (C=O) groups excluding carboxylic acids is 1. The Morgan fingerprint density at radius 3 is 2.57 bits per heavy atom. The van der Waals surface area contributed by atoms with Crippen molar-refractivity contribution in [3.63, 3.8) is 0 Å². The van der Waals surface area contributed by atoms with Crippen LogP contribution < -0.4 is 9.47 Å². The quantitative estimate of drug-likeness (QED) is 0.836. The van der Waals surface area contributed by atoms with Crippen molar-refractivity contribution in [2.24, 2.45) is 5.92 Å². The van der Waals surface area contributed by atoms with E-state index < -0.39 is 6.10 Å². The Morgan fingerprint density at radius 1 is 1.33 bits per heavy atom. The lowest BCUT2D eigenvalue weighted by Crippen LogP contribution is -2.46. The first-order chi connectivity index (χ1) is 10.1. The molecule has 21 heavy (non-hydrogen) atoms. The zero-order valence-electron chi connectivity index (χ0n) is 13.2. The third-order valence-corrected chi connectivity index (χ3v) is 3.95. The van der Waals surface area contributed by atoms with Crippen LogP contribution in [0, 0.1) is 5.92 Å². The molecule has 1 fully saturated rings. The molecule has 0 spiro atoms.